The van der Waals surface area contributed by atoms with Gasteiger partial charge in [-0.2, -0.15) is 0 Å². The summed E-state index contributed by atoms with van der Waals surface area (Å²) in [6.07, 6.45) is 0. The van der Waals surface area contributed by atoms with Crippen molar-refractivity contribution in [2.45, 2.75) is 25.9 Å². The van der Waals surface area contributed by atoms with Gasteiger partial charge in [0.15, 0.2) is 15.0 Å². The van der Waals surface area contributed by atoms with Gasteiger partial charge in [-0.25, -0.2) is 12.8 Å². The van der Waals surface area contributed by atoms with Gasteiger partial charge in [-0.3, -0.25) is 9.79 Å². The fourth-order valence-corrected chi connectivity index (χ4v) is 6.52. The van der Waals surface area contributed by atoms with Crippen molar-refractivity contribution in [3.8, 4) is 0 Å². The highest BCUT2D eigenvalue weighted by Crippen LogP contribution is 2.36. The Labute approximate surface area is 179 Å². The van der Waals surface area contributed by atoms with Gasteiger partial charge in [-0.15, -0.1) is 0 Å². The number of carbonyl (C=O) groups is 1. The lowest BCUT2D eigenvalue weighted by atomic mass is 10.1. The second-order valence-corrected chi connectivity index (χ2v) is 10.6. The molecule has 2 aromatic rings. The number of amidine groups is 1. The summed E-state index contributed by atoms with van der Waals surface area (Å²) in [4.78, 5) is 18.7. The topological polar surface area (TPSA) is 78.8 Å². The molecule has 1 amide bonds. The summed E-state index contributed by atoms with van der Waals surface area (Å²) in [5, 5.41) is 3.37. The number of benzene rings is 2. The van der Waals surface area contributed by atoms with E-state index in [2.05, 4.69) is 10.3 Å². The number of nitrogens with zero attached hydrogens (tertiary/aromatic N) is 2. The fourth-order valence-electron chi connectivity index (χ4n) is 3.76. The first kappa shape index (κ1) is 20.9. The third-order valence-electron chi connectivity index (χ3n) is 5.43. The molecule has 0 aliphatic carbocycles. The number of amides is 1. The number of aryl methyl sites for hydroxylation is 1. The molecule has 0 spiro atoms. The Morgan fingerprint density at radius 3 is 2.73 bits per heavy atom. The first-order valence-electron chi connectivity index (χ1n) is 9.56. The predicted octanol–water partition coefficient (Wildman–Crippen LogP) is 3.16. The van der Waals surface area contributed by atoms with Crippen molar-refractivity contribution in [1.82, 2.24) is 0 Å². The monoisotopic (exact) mass is 447 g/mol. The van der Waals surface area contributed by atoms with Gasteiger partial charge in [0.2, 0.25) is 5.91 Å². The number of thioether (sulfide) groups is 1. The van der Waals surface area contributed by atoms with Crippen molar-refractivity contribution in [1.29, 1.82) is 0 Å². The van der Waals surface area contributed by atoms with Crippen LogP contribution in [0.2, 0.25) is 0 Å². The molecule has 2 atom stereocenters. The first-order valence-corrected chi connectivity index (χ1v) is 12.4. The molecule has 2 aliphatic heterocycles. The van der Waals surface area contributed by atoms with Crippen LogP contribution in [-0.2, 0) is 14.6 Å². The predicted molar refractivity (Wildman–Crippen MR) is 120 cm³/mol. The lowest BCUT2D eigenvalue weighted by Gasteiger charge is -2.26. The average Bonchev–Trinajstić information content (AvgIpc) is 3.15. The number of halogens is 1. The molecule has 2 unspecified atom stereocenters. The molecule has 1 saturated heterocycles. The smallest absolute Gasteiger partial charge is 0.234 e. The quantitative estimate of drug-likeness (QED) is 0.779. The summed E-state index contributed by atoms with van der Waals surface area (Å²) >= 11 is 1.19. The molecule has 158 valence electrons. The second kappa shape index (κ2) is 8.03. The van der Waals surface area contributed by atoms with E-state index in [4.69, 9.17) is 0 Å². The van der Waals surface area contributed by atoms with Gasteiger partial charge in [0.1, 0.15) is 5.82 Å². The number of aliphatic imine (C=N–C) groups is 1. The van der Waals surface area contributed by atoms with E-state index in [1.54, 1.807) is 23.1 Å². The lowest BCUT2D eigenvalue weighted by molar-refractivity contribution is -0.113. The maximum absolute atomic E-state index is 14.5. The third-order valence-corrected chi connectivity index (χ3v) is 8.10. The van der Waals surface area contributed by atoms with E-state index >= 15 is 0 Å². The summed E-state index contributed by atoms with van der Waals surface area (Å²) in [5.41, 5.74) is 3.12. The Bertz CT molecular complexity index is 1130. The Morgan fingerprint density at radius 1 is 1.20 bits per heavy atom. The van der Waals surface area contributed by atoms with Gasteiger partial charge in [0, 0.05) is 5.69 Å². The number of sulfone groups is 1. The summed E-state index contributed by atoms with van der Waals surface area (Å²) < 4.78 is 38.7. The highest BCUT2D eigenvalue weighted by atomic mass is 32.2. The minimum absolute atomic E-state index is 0.0542. The van der Waals surface area contributed by atoms with Crippen LogP contribution in [0.5, 0.6) is 0 Å². The SMILES string of the molecule is Cc1cccc(NC(=O)CSC2=NC3CS(=O)(=O)CC3N2c2ccccc2F)c1C. The van der Waals surface area contributed by atoms with Gasteiger partial charge in [0.05, 0.1) is 35.0 Å². The summed E-state index contributed by atoms with van der Waals surface area (Å²) in [6.45, 7) is 3.92. The minimum atomic E-state index is -3.22. The molecule has 4 rings (SSSR count). The number of nitrogens with one attached hydrogen (secondary N) is 1. The average molecular weight is 448 g/mol. The molecule has 9 heteroatoms. The van der Waals surface area contributed by atoms with Crippen LogP contribution < -0.4 is 10.2 Å². The molecule has 0 aromatic heterocycles. The molecule has 1 N–H and O–H groups in total. The van der Waals surface area contributed by atoms with E-state index in [-0.39, 0.29) is 28.9 Å². The molecular formula is C21H22FN3O3S2. The van der Waals surface area contributed by atoms with Crippen molar-refractivity contribution >= 4 is 44.0 Å². The van der Waals surface area contributed by atoms with E-state index in [9.17, 15) is 17.6 Å². The van der Waals surface area contributed by atoms with E-state index in [0.29, 0.717) is 5.17 Å². The number of hydrogen-bond donors (Lipinski definition) is 1. The number of anilines is 2. The van der Waals surface area contributed by atoms with Crippen molar-refractivity contribution in [3.63, 3.8) is 0 Å². The largest absolute Gasteiger partial charge is 0.325 e. The lowest BCUT2D eigenvalue weighted by Crippen LogP contribution is -2.40. The van der Waals surface area contributed by atoms with Crippen LogP contribution in [0.3, 0.4) is 0 Å². The molecular weight excluding hydrogens is 425 g/mol. The minimum Gasteiger partial charge on any atom is -0.325 e. The number of rotatable bonds is 4. The van der Waals surface area contributed by atoms with E-state index < -0.39 is 27.7 Å². The van der Waals surface area contributed by atoms with Gasteiger partial charge < -0.3 is 10.2 Å². The third kappa shape index (κ3) is 4.09. The van der Waals surface area contributed by atoms with Crippen molar-refractivity contribution in [2.24, 2.45) is 4.99 Å². The van der Waals surface area contributed by atoms with Gasteiger partial charge >= 0.3 is 0 Å². The zero-order valence-corrected chi connectivity index (χ0v) is 18.3. The number of hydrogen-bond acceptors (Lipinski definition) is 6. The van der Waals surface area contributed by atoms with Crippen LogP contribution in [-0.4, -0.2) is 48.8 Å². The molecule has 0 radical (unpaired) electrons. The van der Waals surface area contributed by atoms with Gasteiger partial charge in [-0.05, 0) is 43.2 Å². The fraction of sp³-hybridized carbons (Fsp3) is 0.333. The van der Waals surface area contributed by atoms with Crippen LogP contribution in [0.15, 0.2) is 47.5 Å². The maximum Gasteiger partial charge on any atom is 0.234 e. The van der Waals surface area contributed by atoms with Crippen LogP contribution in [0.1, 0.15) is 11.1 Å². The van der Waals surface area contributed by atoms with E-state index in [1.165, 1.54) is 17.8 Å². The number of carbonyl (C=O) groups excluding carboxylic acids is 1. The zero-order valence-electron chi connectivity index (χ0n) is 16.6. The van der Waals surface area contributed by atoms with Crippen LogP contribution in [0.25, 0.3) is 0 Å². The molecule has 30 heavy (non-hydrogen) atoms. The molecule has 0 saturated carbocycles. The van der Waals surface area contributed by atoms with Crippen LogP contribution in [0, 0.1) is 19.7 Å². The number of para-hydroxylation sites is 1. The molecule has 6 nitrogen and oxygen atoms in total. The summed E-state index contributed by atoms with van der Waals surface area (Å²) in [7, 11) is -3.22. The highest BCUT2D eigenvalue weighted by molar-refractivity contribution is 8.14. The molecule has 0 bridgehead atoms. The summed E-state index contributed by atoms with van der Waals surface area (Å²) in [5.74, 6) is -0.691. The second-order valence-electron chi connectivity index (χ2n) is 7.53. The molecule has 2 aromatic carbocycles. The van der Waals surface area contributed by atoms with E-state index in [0.717, 1.165) is 16.8 Å². The Kier molecular flexibility index (Phi) is 5.59. The van der Waals surface area contributed by atoms with Gasteiger partial charge in [-0.1, -0.05) is 36.0 Å². The van der Waals surface area contributed by atoms with Crippen molar-refractivity contribution in [2.75, 3.05) is 27.5 Å². The highest BCUT2D eigenvalue weighted by Gasteiger charge is 2.47. The van der Waals surface area contributed by atoms with E-state index in [1.807, 2.05) is 32.0 Å². The summed E-state index contributed by atoms with van der Waals surface area (Å²) in [6, 6.07) is 11.0. The van der Waals surface area contributed by atoms with Crippen LogP contribution in [0.4, 0.5) is 15.8 Å². The maximum atomic E-state index is 14.5. The Balaban J connectivity index is 1.52. The first-order chi connectivity index (χ1) is 14.2. The van der Waals surface area contributed by atoms with Gasteiger partial charge in [0.25, 0.3) is 0 Å². The number of fused-ring (bicyclic) bond motifs is 1. The normalized spacial score (nSPS) is 22.0. The Morgan fingerprint density at radius 2 is 1.97 bits per heavy atom. The van der Waals surface area contributed by atoms with Crippen LogP contribution >= 0.6 is 11.8 Å². The molecule has 1 fully saturated rings. The zero-order chi connectivity index (χ0) is 21.5. The molecule has 2 aliphatic rings. The van der Waals surface area contributed by atoms with Crippen molar-refractivity contribution in [3.05, 3.63) is 59.4 Å². The molecule has 2 heterocycles. The Hall–Kier alpha value is -2.39. The standard InChI is InChI=1S/C21H22FN3O3S2/c1-13-6-5-8-16(14(13)2)23-20(26)10-29-21-24-17-11-30(27,28)12-19(17)25(21)18-9-4-3-7-15(18)22/h3-9,17,19H,10-12H2,1-2H3,(H,23,26). The van der Waals surface area contributed by atoms with Crippen molar-refractivity contribution < 1.29 is 17.6 Å².